The summed E-state index contributed by atoms with van der Waals surface area (Å²) in [6.07, 6.45) is 1.86. The molecule has 0 radical (unpaired) electrons. The summed E-state index contributed by atoms with van der Waals surface area (Å²) in [6, 6.07) is 14.2. The first-order valence-corrected chi connectivity index (χ1v) is 10.9. The Morgan fingerprint density at radius 2 is 1.87 bits per heavy atom. The average molecular weight is 415 g/mol. The topological polar surface area (TPSA) is 49.3 Å². The number of anilines is 2. The molecule has 0 N–H and O–H groups in total. The molecular weight excluding hydrogens is 392 g/mol. The van der Waals surface area contributed by atoms with Gasteiger partial charge in [0.05, 0.1) is 29.1 Å². The van der Waals surface area contributed by atoms with Gasteiger partial charge in [-0.1, -0.05) is 26.0 Å². The number of aromatic nitrogens is 2. The number of hydrogen-bond acceptors (Lipinski definition) is 4. The van der Waals surface area contributed by atoms with E-state index < -0.39 is 0 Å². The zero-order valence-electron chi connectivity index (χ0n) is 17.2. The molecule has 0 saturated carbocycles. The maximum atomic E-state index is 13.3. The predicted octanol–water partition coefficient (Wildman–Crippen LogP) is 6.19. The second kappa shape index (κ2) is 7.22. The van der Waals surface area contributed by atoms with Crippen LogP contribution in [0.3, 0.4) is 0 Å². The molecule has 1 aliphatic heterocycles. The van der Waals surface area contributed by atoms with E-state index in [0.717, 1.165) is 39.2 Å². The number of pyridine rings is 2. The van der Waals surface area contributed by atoms with Gasteiger partial charge in [-0.05, 0) is 47.2 Å². The number of urea groups is 1. The van der Waals surface area contributed by atoms with Crippen LogP contribution in [0.25, 0.3) is 22.3 Å². The summed E-state index contributed by atoms with van der Waals surface area (Å²) in [6.45, 7) is 4.85. The van der Waals surface area contributed by atoms with Gasteiger partial charge >= 0.3 is 6.03 Å². The summed E-state index contributed by atoms with van der Waals surface area (Å²) >= 11 is 1.64. The number of amides is 2. The van der Waals surface area contributed by atoms with Gasteiger partial charge in [-0.15, -0.1) is 0 Å². The second-order valence-electron chi connectivity index (χ2n) is 7.93. The van der Waals surface area contributed by atoms with Crippen molar-refractivity contribution in [2.24, 2.45) is 0 Å². The van der Waals surface area contributed by atoms with Crippen molar-refractivity contribution in [1.82, 2.24) is 14.9 Å². The fourth-order valence-corrected chi connectivity index (χ4v) is 4.51. The smallest absolute Gasteiger partial charge is 0.323 e. The average Bonchev–Trinajstić information content (AvgIpc) is 3.29. The highest BCUT2D eigenvalue weighted by Gasteiger charge is 2.32. The van der Waals surface area contributed by atoms with Gasteiger partial charge < -0.3 is 4.90 Å². The lowest BCUT2D eigenvalue weighted by molar-refractivity contribution is 0.213. The van der Waals surface area contributed by atoms with Crippen molar-refractivity contribution < 1.29 is 4.79 Å². The molecule has 150 valence electrons. The molecule has 0 bridgehead atoms. The lowest BCUT2D eigenvalue weighted by Crippen LogP contribution is -2.42. The Morgan fingerprint density at radius 1 is 1.07 bits per heavy atom. The quantitative estimate of drug-likeness (QED) is 0.402. The summed E-state index contributed by atoms with van der Waals surface area (Å²) in [5, 5.41) is 4.12. The standard InChI is InChI=1S/C24H22N4OS/c1-15(2)16-4-6-19(7-5-16)28-23-18(13-27(3)24(28)29)12-25-21-9-8-20(26-22(21)23)17-10-11-30-14-17/h4-12,14-15H,13H2,1-3H3. The van der Waals surface area contributed by atoms with Crippen LogP contribution < -0.4 is 4.90 Å². The van der Waals surface area contributed by atoms with E-state index in [1.807, 2.05) is 42.9 Å². The molecule has 0 spiro atoms. The van der Waals surface area contributed by atoms with E-state index in [4.69, 9.17) is 4.98 Å². The van der Waals surface area contributed by atoms with Crippen molar-refractivity contribution >= 4 is 39.8 Å². The van der Waals surface area contributed by atoms with Crippen LogP contribution in [0.15, 0.2) is 59.4 Å². The van der Waals surface area contributed by atoms with Crippen LogP contribution in [0.5, 0.6) is 0 Å². The number of carbonyl (C=O) groups excluding carboxylic acids is 1. The van der Waals surface area contributed by atoms with E-state index in [-0.39, 0.29) is 6.03 Å². The molecule has 30 heavy (non-hydrogen) atoms. The van der Waals surface area contributed by atoms with Crippen molar-refractivity contribution in [2.75, 3.05) is 11.9 Å². The van der Waals surface area contributed by atoms with Gasteiger partial charge in [0.25, 0.3) is 0 Å². The van der Waals surface area contributed by atoms with E-state index in [0.29, 0.717) is 12.5 Å². The normalized spacial score (nSPS) is 13.9. The van der Waals surface area contributed by atoms with Crippen molar-refractivity contribution in [3.63, 3.8) is 0 Å². The molecule has 2 amide bonds. The van der Waals surface area contributed by atoms with Crippen LogP contribution in [0.1, 0.15) is 30.9 Å². The number of carbonyl (C=O) groups is 1. The van der Waals surface area contributed by atoms with Crippen molar-refractivity contribution in [2.45, 2.75) is 26.3 Å². The Balaban J connectivity index is 1.73. The van der Waals surface area contributed by atoms with Crippen LogP contribution in [-0.4, -0.2) is 27.9 Å². The van der Waals surface area contributed by atoms with Crippen molar-refractivity contribution in [1.29, 1.82) is 0 Å². The lowest BCUT2D eigenvalue weighted by atomic mass is 10.0. The third-order valence-electron chi connectivity index (χ3n) is 5.55. The summed E-state index contributed by atoms with van der Waals surface area (Å²) in [5.74, 6) is 0.436. The predicted molar refractivity (Wildman–Crippen MR) is 122 cm³/mol. The molecule has 0 aliphatic carbocycles. The summed E-state index contributed by atoms with van der Waals surface area (Å²) in [5.41, 5.74) is 7.41. The van der Waals surface area contributed by atoms with Crippen LogP contribution in [0, 0.1) is 0 Å². The van der Waals surface area contributed by atoms with Gasteiger partial charge in [0, 0.05) is 29.8 Å². The van der Waals surface area contributed by atoms with E-state index in [1.54, 1.807) is 21.1 Å². The first-order chi connectivity index (χ1) is 14.5. The first kappa shape index (κ1) is 18.8. The Hall–Kier alpha value is -3.25. The molecule has 0 atom stereocenters. The first-order valence-electron chi connectivity index (χ1n) is 9.99. The minimum atomic E-state index is -0.0602. The fourth-order valence-electron chi connectivity index (χ4n) is 3.86. The molecule has 5 rings (SSSR count). The minimum Gasteiger partial charge on any atom is -0.323 e. The zero-order valence-corrected chi connectivity index (χ0v) is 18.0. The fraction of sp³-hybridized carbons (Fsp3) is 0.208. The zero-order chi connectivity index (χ0) is 20.8. The minimum absolute atomic E-state index is 0.0602. The maximum Gasteiger partial charge on any atom is 0.329 e. The highest BCUT2D eigenvalue weighted by molar-refractivity contribution is 7.08. The van der Waals surface area contributed by atoms with Crippen LogP contribution in [-0.2, 0) is 6.54 Å². The van der Waals surface area contributed by atoms with E-state index in [9.17, 15) is 4.79 Å². The molecule has 0 saturated heterocycles. The maximum absolute atomic E-state index is 13.3. The molecule has 4 heterocycles. The van der Waals surface area contributed by atoms with Gasteiger partial charge in [0.15, 0.2) is 0 Å². The van der Waals surface area contributed by atoms with Gasteiger partial charge in [-0.3, -0.25) is 9.88 Å². The molecule has 0 fully saturated rings. The molecule has 6 heteroatoms. The SMILES string of the molecule is CC(C)c1ccc(N2C(=O)N(C)Cc3cnc4ccc(-c5ccsc5)nc4c32)cc1. The number of thiophene rings is 1. The largest absolute Gasteiger partial charge is 0.329 e. The van der Waals surface area contributed by atoms with Crippen molar-refractivity contribution in [3.8, 4) is 11.3 Å². The number of nitrogens with zero attached hydrogens (tertiary/aromatic N) is 4. The number of fused-ring (bicyclic) bond motifs is 3. The Kier molecular flexibility index (Phi) is 4.51. The molecular formula is C24H22N4OS. The Labute approximate surface area is 179 Å². The number of benzene rings is 1. The van der Waals surface area contributed by atoms with Gasteiger partial charge in [0.2, 0.25) is 0 Å². The molecule has 4 aromatic rings. The van der Waals surface area contributed by atoms with Crippen LogP contribution in [0.2, 0.25) is 0 Å². The monoisotopic (exact) mass is 414 g/mol. The summed E-state index contributed by atoms with van der Waals surface area (Å²) < 4.78 is 0. The molecule has 0 unspecified atom stereocenters. The van der Waals surface area contributed by atoms with E-state index in [2.05, 4.69) is 42.4 Å². The third kappa shape index (κ3) is 3.04. The molecule has 1 aliphatic rings. The number of rotatable bonds is 3. The lowest BCUT2D eigenvalue weighted by Gasteiger charge is -2.35. The van der Waals surface area contributed by atoms with E-state index in [1.165, 1.54) is 5.56 Å². The highest BCUT2D eigenvalue weighted by atomic mass is 32.1. The Morgan fingerprint density at radius 3 is 2.57 bits per heavy atom. The van der Waals surface area contributed by atoms with Crippen molar-refractivity contribution in [3.05, 3.63) is 70.5 Å². The van der Waals surface area contributed by atoms with Crippen LogP contribution >= 0.6 is 11.3 Å². The number of hydrogen-bond donors (Lipinski definition) is 0. The van der Waals surface area contributed by atoms with Gasteiger partial charge in [-0.25, -0.2) is 9.78 Å². The molecule has 3 aromatic heterocycles. The third-order valence-corrected chi connectivity index (χ3v) is 6.23. The summed E-state index contributed by atoms with van der Waals surface area (Å²) in [7, 11) is 1.82. The summed E-state index contributed by atoms with van der Waals surface area (Å²) in [4.78, 5) is 26.3. The molecule has 1 aromatic carbocycles. The van der Waals surface area contributed by atoms with Crippen LogP contribution in [0.4, 0.5) is 16.2 Å². The van der Waals surface area contributed by atoms with E-state index >= 15 is 0 Å². The highest BCUT2D eigenvalue weighted by Crippen LogP contribution is 2.39. The Bertz CT molecular complexity index is 1230. The van der Waals surface area contributed by atoms with Gasteiger partial charge in [0.1, 0.15) is 5.52 Å². The molecule has 5 nitrogen and oxygen atoms in total. The second-order valence-corrected chi connectivity index (χ2v) is 8.71. The van der Waals surface area contributed by atoms with Gasteiger partial charge in [-0.2, -0.15) is 11.3 Å².